The summed E-state index contributed by atoms with van der Waals surface area (Å²) in [4.78, 5) is 17.4. The van der Waals surface area contributed by atoms with Crippen molar-refractivity contribution in [3.8, 4) is 5.75 Å². The lowest BCUT2D eigenvalue weighted by atomic mass is 9.78. The predicted molar refractivity (Wildman–Crippen MR) is 107 cm³/mol. The van der Waals surface area contributed by atoms with Gasteiger partial charge >= 0.3 is 0 Å². The number of aliphatic hydroxyl groups is 1. The van der Waals surface area contributed by atoms with E-state index in [2.05, 4.69) is 10.2 Å². The van der Waals surface area contributed by atoms with Crippen molar-refractivity contribution in [2.24, 2.45) is 5.41 Å². The fraction of sp³-hybridized carbons (Fsp3) is 0.667. The Balaban J connectivity index is 1.44. The van der Waals surface area contributed by atoms with E-state index in [0.29, 0.717) is 26.2 Å². The van der Waals surface area contributed by atoms with Crippen LogP contribution in [0.15, 0.2) is 30.3 Å². The van der Waals surface area contributed by atoms with Gasteiger partial charge in [0.05, 0.1) is 12.0 Å². The second-order valence-corrected chi connectivity index (χ2v) is 7.83. The van der Waals surface area contributed by atoms with E-state index in [9.17, 15) is 9.90 Å². The van der Waals surface area contributed by atoms with E-state index in [1.54, 1.807) is 7.11 Å². The number of aliphatic hydroxyl groups excluding tert-OH is 1. The number of nitrogens with one attached hydrogen (secondary N) is 1. The number of benzene rings is 1. The Morgan fingerprint density at radius 2 is 1.86 bits per heavy atom. The van der Waals surface area contributed by atoms with E-state index in [0.717, 1.165) is 44.8 Å². The predicted octanol–water partition coefficient (Wildman–Crippen LogP) is 0.587. The monoisotopic (exact) mass is 391 g/mol. The molecule has 0 saturated carbocycles. The molecule has 3 rings (SSSR count). The van der Waals surface area contributed by atoms with Gasteiger partial charge in [0, 0.05) is 39.8 Å². The van der Waals surface area contributed by atoms with Gasteiger partial charge in [0.1, 0.15) is 18.5 Å². The van der Waals surface area contributed by atoms with Gasteiger partial charge in [0.15, 0.2) is 0 Å². The Morgan fingerprint density at radius 1 is 1.18 bits per heavy atom. The molecule has 0 aliphatic carbocycles. The minimum Gasteiger partial charge on any atom is -0.491 e. The van der Waals surface area contributed by atoms with Crippen molar-refractivity contribution in [3.63, 3.8) is 0 Å². The summed E-state index contributed by atoms with van der Waals surface area (Å²) in [7, 11) is 1.67. The van der Waals surface area contributed by atoms with Gasteiger partial charge < -0.3 is 24.8 Å². The van der Waals surface area contributed by atoms with Crippen LogP contribution < -0.4 is 10.1 Å². The van der Waals surface area contributed by atoms with E-state index in [4.69, 9.17) is 9.47 Å². The molecule has 1 unspecified atom stereocenters. The van der Waals surface area contributed by atoms with Crippen molar-refractivity contribution in [3.05, 3.63) is 30.3 Å². The van der Waals surface area contributed by atoms with Crippen molar-refractivity contribution in [2.75, 3.05) is 66.1 Å². The van der Waals surface area contributed by atoms with Crippen molar-refractivity contribution >= 4 is 5.91 Å². The largest absolute Gasteiger partial charge is 0.491 e. The van der Waals surface area contributed by atoms with E-state index in [1.807, 2.05) is 35.2 Å². The number of nitrogens with zero attached hydrogens (tertiary/aromatic N) is 2. The van der Waals surface area contributed by atoms with E-state index in [1.165, 1.54) is 0 Å². The number of β-amino-alcohol motifs (C(OH)–C–C–N with tert-alkyl or cyclic N) is 1. The van der Waals surface area contributed by atoms with Gasteiger partial charge in [-0.1, -0.05) is 18.2 Å². The third-order valence-electron chi connectivity index (χ3n) is 5.75. The molecule has 156 valence electrons. The Kier molecular flexibility index (Phi) is 7.67. The number of hydrogen-bond acceptors (Lipinski definition) is 6. The van der Waals surface area contributed by atoms with Crippen LogP contribution in [0.5, 0.6) is 5.75 Å². The van der Waals surface area contributed by atoms with Gasteiger partial charge in [0.2, 0.25) is 5.91 Å². The maximum Gasteiger partial charge on any atom is 0.231 e. The molecule has 1 aromatic rings. The summed E-state index contributed by atoms with van der Waals surface area (Å²) in [5.41, 5.74) is -0.384. The second kappa shape index (κ2) is 10.2. The molecule has 1 amide bonds. The molecule has 2 aliphatic rings. The van der Waals surface area contributed by atoms with Crippen molar-refractivity contribution < 1.29 is 19.4 Å². The highest BCUT2D eigenvalue weighted by atomic mass is 16.5. The highest BCUT2D eigenvalue weighted by Gasteiger charge is 2.42. The maximum absolute atomic E-state index is 13.2. The topological polar surface area (TPSA) is 74.3 Å². The van der Waals surface area contributed by atoms with Crippen LogP contribution in [-0.4, -0.2) is 93.1 Å². The molecule has 0 radical (unpaired) electrons. The van der Waals surface area contributed by atoms with E-state index >= 15 is 0 Å². The SMILES string of the molecule is COCC1(C(=O)N2CCN(CC(O)COc3ccccc3)CC2)CCNCC1. The molecule has 1 atom stereocenters. The van der Waals surface area contributed by atoms with Crippen LogP contribution >= 0.6 is 0 Å². The summed E-state index contributed by atoms with van der Waals surface area (Å²) in [6, 6.07) is 9.53. The number of rotatable bonds is 8. The number of piperazine rings is 1. The van der Waals surface area contributed by atoms with E-state index < -0.39 is 6.10 Å². The van der Waals surface area contributed by atoms with Crippen LogP contribution in [0.25, 0.3) is 0 Å². The summed E-state index contributed by atoms with van der Waals surface area (Å²) in [5.74, 6) is 0.992. The maximum atomic E-state index is 13.2. The average molecular weight is 392 g/mol. The van der Waals surface area contributed by atoms with Gasteiger partial charge in [-0.2, -0.15) is 0 Å². The molecule has 2 heterocycles. The zero-order chi connectivity index (χ0) is 19.8. The van der Waals surface area contributed by atoms with Gasteiger partial charge in [0.25, 0.3) is 0 Å². The second-order valence-electron chi connectivity index (χ2n) is 7.83. The normalized spacial score (nSPS) is 21.3. The third kappa shape index (κ3) is 5.44. The van der Waals surface area contributed by atoms with Crippen molar-refractivity contribution in [1.29, 1.82) is 0 Å². The molecule has 7 nitrogen and oxygen atoms in total. The fourth-order valence-corrected chi connectivity index (χ4v) is 4.13. The zero-order valence-corrected chi connectivity index (χ0v) is 16.8. The van der Waals surface area contributed by atoms with Crippen LogP contribution in [0.2, 0.25) is 0 Å². The Morgan fingerprint density at radius 3 is 2.50 bits per heavy atom. The number of carbonyl (C=O) groups is 1. The number of methoxy groups -OCH3 is 1. The van der Waals surface area contributed by atoms with Crippen LogP contribution in [-0.2, 0) is 9.53 Å². The first-order valence-corrected chi connectivity index (χ1v) is 10.2. The quantitative estimate of drug-likeness (QED) is 0.676. The Labute approximate surface area is 167 Å². The highest BCUT2D eigenvalue weighted by Crippen LogP contribution is 2.32. The molecule has 2 saturated heterocycles. The lowest BCUT2D eigenvalue weighted by molar-refractivity contribution is -0.149. The van der Waals surface area contributed by atoms with Crippen molar-refractivity contribution in [2.45, 2.75) is 18.9 Å². The molecule has 0 bridgehead atoms. The van der Waals surface area contributed by atoms with Gasteiger partial charge in [-0.25, -0.2) is 0 Å². The number of amides is 1. The van der Waals surface area contributed by atoms with Gasteiger partial charge in [-0.15, -0.1) is 0 Å². The number of piperidine rings is 1. The Hall–Kier alpha value is -1.67. The first-order valence-electron chi connectivity index (χ1n) is 10.2. The summed E-state index contributed by atoms with van der Waals surface area (Å²) in [6.07, 6.45) is 1.11. The average Bonchev–Trinajstić information content (AvgIpc) is 2.74. The lowest BCUT2D eigenvalue weighted by Gasteiger charge is -2.43. The Bertz CT molecular complexity index is 593. The third-order valence-corrected chi connectivity index (χ3v) is 5.75. The first kappa shape index (κ1) is 21.0. The molecule has 0 aromatic heterocycles. The molecule has 2 aliphatic heterocycles. The standard InChI is InChI=1S/C21H33N3O4/c1-27-17-21(7-9-22-10-8-21)20(26)24-13-11-23(12-14-24)15-18(25)16-28-19-5-3-2-4-6-19/h2-6,18,22,25H,7-17H2,1H3. The molecule has 28 heavy (non-hydrogen) atoms. The highest BCUT2D eigenvalue weighted by molar-refractivity contribution is 5.83. The van der Waals surface area contributed by atoms with Gasteiger partial charge in [-0.3, -0.25) is 9.69 Å². The molecule has 7 heteroatoms. The smallest absolute Gasteiger partial charge is 0.231 e. The molecule has 2 N–H and O–H groups in total. The molecule has 2 fully saturated rings. The number of hydrogen-bond donors (Lipinski definition) is 2. The van der Waals surface area contributed by atoms with Crippen LogP contribution in [0.3, 0.4) is 0 Å². The van der Waals surface area contributed by atoms with Gasteiger partial charge in [-0.05, 0) is 38.1 Å². The molecule has 0 spiro atoms. The zero-order valence-electron chi connectivity index (χ0n) is 16.8. The van der Waals surface area contributed by atoms with Crippen LogP contribution in [0, 0.1) is 5.41 Å². The first-order chi connectivity index (χ1) is 13.6. The summed E-state index contributed by atoms with van der Waals surface area (Å²) >= 11 is 0. The number of para-hydroxylation sites is 1. The fourth-order valence-electron chi connectivity index (χ4n) is 4.13. The summed E-state index contributed by atoms with van der Waals surface area (Å²) in [6.45, 7) is 5.99. The molecular weight excluding hydrogens is 358 g/mol. The van der Waals surface area contributed by atoms with E-state index in [-0.39, 0.29) is 17.9 Å². The minimum atomic E-state index is -0.549. The van der Waals surface area contributed by atoms with Crippen LogP contribution in [0.4, 0.5) is 0 Å². The minimum absolute atomic E-state index is 0.225. The lowest BCUT2D eigenvalue weighted by Crippen LogP contribution is -2.57. The molecular formula is C21H33N3O4. The summed E-state index contributed by atoms with van der Waals surface area (Å²) in [5, 5.41) is 13.6. The van der Waals surface area contributed by atoms with Crippen LogP contribution in [0.1, 0.15) is 12.8 Å². The molecule has 1 aromatic carbocycles. The number of carbonyl (C=O) groups excluding carboxylic acids is 1. The summed E-state index contributed by atoms with van der Waals surface area (Å²) < 4.78 is 11.0. The van der Waals surface area contributed by atoms with Crippen molar-refractivity contribution in [1.82, 2.24) is 15.1 Å². The number of ether oxygens (including phenoxy) is 2.